The van der Waals surface area contributed by atoms with Gasteiger partial charge in [-0.1, -0.05) is 36.4 Å². The topological polar surface area (TPSA) is 77.1 Å². The predicted molar refractivity (Wildman–Crippen MR) is 101 cm³/mol. The molecule has 0 saturated heterocycles. The fraction of sp³-hybridized carbons (Fsp3) is 0.0952. The molecule has 0 radical (unpaired) electrons. The largest absolute Gasteiger partial charge is 0.451 e. The Morgan fingerprint density at radius 3 is 2.63 bits per heavy atom. The monoisotopic (exact) mass is 359 g/mol. The van der Waals surface area contributed by atoms with Crippen molar-refractivity contribution in [3.63, 3.8) is 0 Å². The second kappa shape index (κ2) is 7.29. The number of hydrogen-bond donors (Lipinski definition) is 1. The molecule has 0 bridgehead atoms. The van der Waals surface area contributed by atoms with E-state index in [9.17, 15) is 9.59 Å². The summed E-state index contributed by atoms with van der Waals surface area (Å²) in [4.78, 5) is 24.6. The first-order chi connectivity index (χ1) is 13.2. The Morgan fingerprint density at radius 2 is 1.81 bits per heavy atom. The van der Waals surface area contributed by atoms with Crippen LogP contribution in [0.2, 0.25) is 0 Å². The molecule has 0 spiro atoms. The molecule has 0 aliphatic rings. The molecule has 4 rings (SSSR count). The van der Waals surface area contributed by atoms with Crippen LogP contribution in [-0.4, -0.2) is 15.7 Å². The van der Waals surface area contributed by atoms with Gasteiger partial charge in [-0.05, 0) is 29.3 Å². The highest BCUT2D eigenvalue weighted by molar-refractivity contribution is 5.93. The first-order valence-corrected chi connectivity index (χ1v) is 8.56. The van der Waals surface area contributed by atoms with Crippen LogP contribution in [-0.2, 0) is 13.1 Å². The number of nitrogens with one attached hydrogen (secondary N) is 1. The molecule has 0 aliphatic heterocycles. The number of aromatic nitrogens is 2. The highest BCUT2D eigenvalue weighted by Gasteiger charge is 2.13. The molecule has 0 atom stereocenters. The minimum Gasteiger partial charge on any atom is -0.451 e. The summed E-state index contributed by atoms with van der Waals surface area (Å²) >= 11 is 0. The SMILES string of the molecule is O=C(NCc1ccccc1Cn1cccn1)c1cc(=O)c2ccccc2o1. The third-order valence-electron chi connectivity index (χ3n) is 4.31. The second-order valence-corrected chi connectivity index (χ2v) is 6.13. The van der Waals surface area contributed by atoms with Gasteiger partial charge in [-0.15, -0.1) is 0 Å². The summed E-state index contributed by atoms with van der Waals surface area (Å²) in [6.45, 7) is 0.941. The molecule has 0 fully saturated rings. The number of fused-ring (bicyclic) bond motifs is 1. The van der Waals surface area contributed by atoms with Crippen LogP contribution in [0.25, 0.3) is 11.0 Å². The van der Waals surface area contributed by atoms with Crippen LogP contribution in [0.5, 0.6) is 0 Å². The molecule has 6 heteroatoms. The van der Waals surface area contributed by atoms with E-state index < -0.39 is 5.91 Å². The van der Waals surface area contributed by atoms with E-state index in [4.69, 9.17) is 4.42 Å². The van der Waals surface area contributed by atoms with Gasteiger partial charge in [-0.2, -0.15) is 5.10 Å². The standard InChI is InChI=1S/C21H17N3O3/c25-18-12-20(27-19-9-4-3-8-17(18)19)21(26)22-13-15-6-1-2-7-16(15)14-24-11-5-10-23-24/h1-12H,13-14H2,(H,22,26). The third-order valence-corrected chi connectivity index (χ3v) is 4.31. The maximum absolute atomic E-state index is 12.5. The zero-order valence-corrected chi connectivity index (χ0v) is 14.5. The average molecular weight is 359 g/mol. The van der Waals surface area contributed by atoms with Crippen LogP contribution in [0.3, 0.4) is 0 Å². The third kappa shape index (κ3) is 3.64. The van der Waals surface area contributed by atoms with Gasteiger partial charge >= 0.3 is 0 Å². The zero-order valence-electron chi connectivity index (χ0n) is 14.5. The van der Waals surface area contributed by atoms with Crippen molar-refractivity contribution >= 4 is 16.9 Å². The van der Waals surface area contributed by atoms with E-state index in [-0.39, 0.29) is 11.2 Å². The van der Waals surface area contributed by atoms with Gasteiger partial charge in [-0.25, -0.2) is 0 Å². The predicted octanol–water partition coefficient (Wildman–Crippen LogP) is 2.97. The van der Waals surface area contributed by atoms with Gasteiger partial charge in [0.05, 0.1) is 11.9 Å². The van der Waals surface area contributed by atoms with Crippen molar-refractivity contribution in [2.24, 2.45) is 0 Å². The highest BCUT2D eigenvalue weighted by atomic mass is 16.3. The number of benzene rings is 2. The molecular weight excluding hydrogens is 342 g/mol. The fourth-order valence-electron chi connectivity index (χ4n) is 2.93. The maximum atomic E-state index is 12.5. The van der Waals surface area contributed by atoms with E-state index in [1.165, 1.54) is 6.07 Å². The van der Waals surface area contributed by atoms with Crippen molar-refractivity contribution in [1.29, 1.82) is 0 Å². The van der Waals surface area contributed by atoms with Crippen molar-refractivity contribution in [2.45, 2.75) is 13.1 Å². The second-order valence-electron chi connectivity index (χ2n) is 6.13. The van der Waals surface area contributed by atoms with E-state index in [1.54, 1.807) is 30.5 Å². The van der Waals surface area contributed by atoms with E-state index in [0.717, 1.165) is 11.1 Å². The molecule has 134 valence electrons. The van der Waals surface area contributed by atoms with E-state index in [2.05, 4.69) is 10.4 Å². The number of carbonyl (C=O) groups excluding carboxylic acids is 1. The summed E-state index contributed by atoms with van der Waals surface area (Å²) in [5.41, 5.74) is 2.20. The number of hydrogen-bond acceptors (Lipinski definition) is 4. The Hall–Kier alpha value is -3.67. The lowest BCUT2D eigenvalue weighted by atomic mass is 10.1. The molecule has 0 unspecified atom stereocenters. The van der Waals surface area contributed by atoms with Gasteiger partial charge in [0.1, 0.15) is 5.58 Å². The summed E-state index contributed by atoms with van der Waals surface area (Å²) in [6.07, 6.45) is 3.62. The molecule has 2 heterocycles. The van der Waals surface area contributed by atoms with Gasteiger partial charge in [0.15, 0.2) is 11.2 Å². The highest BCUT2D eigenvalue weighted by Crippen LogP contribution is 2.13. The molecule has 1 N–H and O–H groups in total. The van der Waals surface area contributed by atoms with Crippen molar-refractivity contribution in [3.8, 4) is 0 Å². The summed E-state index contributed by atoms with van der Waals surface area (Å²) < 4.78 is 7.40. The average Bonchev–Trinajstić information content (AvgIpc) is 3.20. The summed E-state index contributed by atoms with van der Waals surface area (Å²) in [6, 6.07) is 17.8. The van der Waals surface area contributed by atoms with Gasteiger partial charge < -0.3 is 9.73 Å². The van der Waals surface area contributed by atoms with Crippen LogP contribution in [0.15, 0.2) is 82.3 Å². The number of amides is 1. The molecular formula is C21H17N3O3. The Bertz CT molecular complexity index is 1150. The number of nitrogens with zero attached hydrogens (tertiary/aromatic N) is 2. The van der Waals surface area contributed by atoms with E-state index in [1.807, 2.05) is 41.2 Å². The van der Waals surface area contributed by atoms with Crippen molar-refractivity contribution in [1.82, 2.24) is 15.1 Å². The molecule has 0 saturated carbocycles. The number of carbonyl (C=O) groups is 1. The van der Waals surface area contributed by atoms with E-state index in [0.29, 0.717) is 24.1 Å². The van der Waals surface area contributed by atoms with Crippen LogP contribution in [0, 0.1) is 0 Å². The van der Waals surface area contributed by atoms with Crippen LogP contribution in [0.1, 0.15) is 21.7 Å². The molecule has 2 aromatic heterocycles. The van der Waals surface area contributed by atoms with Crippen molar-refractivity contribution < 1.29 is 9.21 Å². The lowest BCUT2D eigenvalue weighted by Crippen LogP contribution is -2.24. The smallest absolute Gasteiger partial charge is 0.287 e. The Labute approximate surface area is 155 Å². The molecule has 0 aliphatic carbocycles. The first-order valence-electron chi connectivity index (χ1n) is 8.56. The van der Waals surface area contributed by atoms with Gasteiger partial charge in [0, 0.05) is 25.0 Å². The molecule has 2 aromatic carbocycles. The minimum atomic E-state index is -0.424. The van der Waals surface area contributed by atoms with Crippen molar-refractivity contribution in [3.05, 3.63) is 100 Å². The summed E-state index contributed by atoms with van der Waals surface area (Å²) in [5, 5.41) is 7.50. The maximum Gasteiger partial charge on any atom is 0.287 e. The number of para-hydroxylation sites is 1. The Kier molecular flexibility index (Phi) is 4.53. The molecule has 4 aromatic rings. The lowest BCUT2D eigenvalue weighted by Gasteiger charge is -2.11. The van der Waals surface area contributed by atoms with Crippen molar-refractivity contribution in [2.75, 3.05) is 0 Å². The Balaban J connectivity index is 1.52. The van der Waals surface area contributed by atoms with Gasteiger partial charge in [0.2, 0.25) is 0 Å². The minimum absolute atomic E-state index is 0.00302. The Morgan fingerprint density at radius 1 is 1.04 bits per heavy atom. The summed E-state index contributed by atoms with van der Waals surface area (Å²) in [7, 11) is 0. The van der Waals surface area contributed by atoms with Crippen LogP contribution in [0.4, 0.5) is 0 Å². The first kappa shape index (κ1) is 16.8. The zero-order chi connectivity index (χ0) is 18.6. The van der Waals surface area contributed by atoms with E-state index >= 15 is 0 Å². The normalized spacial score (nSPS) is 10.8. The fourth-order valence-corrected chi connectivity index (χ4v) is 2.93. The van der Waals surface area contributed by atoms with Crippen LogP contribution < -0.4 is 10.7 Å². The lowest BCUT2D eigenvalue weighted by molar-refractivity contribution is 0.0923. The molecule has 1 amide bonds. The van der Waals surface area contributed by atoms with Gasteiger partial charge in [0.25, 0.3) is 5.91 Å². The summed E-state index contributed by atoms with van der Waals surface area (Å²) in [5.74, 6) is -0.421. The van der Waals surface area contributed by atoms with Gasteiger partial charge in [-0.3, -0.25) is 14.3 Å². The number of rotatable bonds is 5. The quantitative estimate of drug-likeness (QED) is 0.594. The van der Waals surface area contributed by atoms with Crippen LogP contribution >= 0.6 is 0 Å². The molecule has 27 heavy (non-hydrogen) atoms. The molecule has 6 nitrogen and oxygen atoms in total.